The van der Waals surface area contributed by atoms with Gasteiger partial charge in [-0.1, -0.05) is 31.5 Å². The number of halogens is 2. The molecule has 0 aliphatic carbocycles. The molecule has 178 valence electrons. The number of benzene rings is 2. The van der Waals surface area contributed by atoms with Gasteiger partial charge in [0.15, 0.2) is 0 Å². The second-order valence-electron chi connectivity index (χ2n) is 8.98. The molecule has 2 aromatic carbocycles. The van der Waals surface area contributed by atoms with Crippen molar-refractivity contribution in [1.29, 1.82) is 0 Å². The lowest BCUT2D eigenvalue weighted by molar-refractivity contribution is 0.0943. The van der Waals surface area contributed by atoms with Gasteiger partial charge in [0.25, 0.3) is 11.5 Å². The summed E-state index contributed by atoms with van der Waals surface area (Å²) in [5.74, 6) is -0.521. The lowest BCUT2D eigenvalue weighted by atomic mass is 10.1. The normalized spacial score (nSPS) is 11.8. The summed E-state index contributed by atoms with van der Waals surface area (Å²) in [6, 6.07) is 8.49. The Morgan fingerprint density at radius 1 is 1.12 bits per heavy atom. The van der Waals surface area contributed by atoms with E-state index in [2.05, 4.69) is 10.4 Å². The molecule has 34 heavy (non-hydrogen) atoms. The summed E-state index contributed by atoms with van der Waals surface area (Å²) in [5, 5.41) is 7.72. The summed E-state index contributed by atoms with van der Waals surface area (Å²) in [6.07, 6.45) is 0. The van der Waals surface area contributed by atoms with E-state index in [9.17, 15) is 18.8 Å². The minimum absolute atomic E-state index is 0.00941. The highest BCUT2D eigenvalue weighted by Gasteiger charge is 2.20. The highest BCUT2D eigenvalue weighted by atomic mass is 35.5. The van der Waals surface area contributed by atoms with Crippen LogP contribution in [0.3, 0.4) is 0 Å². The molecule has 1 amide bonds. The molecule has 0 aliphatic rings. The van der Waals surface area contributed by atoms with Gasteiger partial charge in [-0.2, -0.15) is 0 Å². The van der Waals surface area contributed by atoms with Gasteiger partial charge in [-0.25, -0.2) is 18.3 Å². The molecule has 2 heterocycles. The van der Waals surface area contributed by atoms with Crippen LogP contribution in [0.2, 0.25) is 5.02 Å². The molecule has 0 unspecified atom stereocenters. The predicted octanol–water partition coefficient (Wildman–Crippen LogP) is 3.45. The molecule has 2 aromatic heterocycles. The van der Waals surface area contributed by atoms with E-state index in [1.807, 2.05) is 27.7 Å². The molecule has 1 N–H and O–H groups in total. The number of aromatic nitrogens is 4. The number of amides is 1. The molecule has 4 rings (SSSR count). The van der Waals surface area contributed by atoms with E-state index in [-0.39, 0.29) is 46.3 Å². The van der Waals surface area contributed by atoms with Gasteiger partial charge in [0.2, 0.25) is 5.78 Å². The molecule has 8 nitrogen and oxygen atoms in total. The van der Waals surface area contributed by atoms with E-state index in [4.69, 9.17) is 11.6 Å². The summed E-state index contributed by atoms with van der Waals surface area (Å²) in [6.45, 7) is 7.94. The number of carbonyl (C=O) groups is 1. The third-order valence-corrected chi connectivity index (χ3v) is 5.69. The highest BCUT2D eigenvalue weighted by molar-refractivity contribution is 6.31. The van der Waals surface area contributed by atoms with Gasteiger partial charge in [0, 0.05) is 23.2 Å². The largest absolute Gasteiger partial charge is 0.352 e. The topological polar surface area (TPSA) is 90.4 Å². The number of rotatable bonds is 6. The van der Waals surface area contributed by atoms with Crippen molar-refractivity contribution < 1.29 is 9.18 Å². The summed E-state index contributed by atoms with van der Waals surface area (Å²) < 4.78 is 17.4. The molecule has 0 radical (unpaired) electrons. The Kier molecular flexibility index (Phi) is 6.31. The molecule has 0 fully saturated rings. The molecule has 0 spiro atoms. The van der Waals surface area contributed by atoms with E-state index < -0.39 is 11.5 Å². The van der Waals surface area contributed by atoms with Crippen LogP contribution in [0.5, 0.6) is 0 Å². The molecule has 0 saturated carbocycles. The van der Waals surface area contributed by atoms with Crippen LogP contribution in [0.4, 0.5) is 4.39 Å². The van der Waals surface area contributed by atoms with Crippen molar-refractivity contribution >= 4 is 34.2 Å². The van der Waals surface area contributed by atoms with Crippen molar-refractivity contribution in [2.45, 2.75) is 46.8 Å². The van der Waals surface area contributed by atoms with Crippen LogP contribution in [0.1, 0.15) is 43.6 Å². The second-order valence-corrected chi connectivity index (χ2v) is 9.39. The van der Waals surface area contributed by atoms with Gasteiger partial charge in [-0.15, -0.1) is 5.10 Å². The third kappa shape index (κ3) is 4.35. The standard InChI is InChI=1S/C24H25ClFN5O3/c1-13(2)11-29-22(33)18-8-6-15(21(32)27-14(3)4)9-20(18)31-23(29)28-30(24(31)34)12-16-5-7-17(26)10-19(16)25/h5-10,13-14H,11-12H2,1-4H3,(H,27,32). The lowest BCUT2D eigenvalue weighted by Gasteiger charge is -2.13. The van der Waals surface area contributed by atoms with Gasteiger partial charge in [0.05, 0.1) is 17.4 Å². The Morgan fingerprint density at radius 2 is 1.85 bits per heavy atom. The molecular formula is C24H25ClFN5O3. The van der Waals surface area contributed by atoms with Gasteiger partial charge in [0.1, 0.15) is 5.82 Å². The van der Waals surface area contributed by atoms with Gasteiger partial charge >= 0.3 is 5.69 Å². The average Bonchev–Trinajstić information content (AvgIpc) is 3.08. The number of hydrogen-bond acceptors (Lipinski definition) is 4. The fourth-order valence-corrected chi connectivity index (χ4v) is 4.07. The smallest absolute Gasteiger partial charge is 0.350 e. The van der Waals surface area contributed by atoms with Crippen molar-refractivity contribution in [3.05, 3.63) is 79.2 Å². The van der Waals surface area contributed by atoms with E-state index in [0.29, 0.717) is 23.1 Å². The SMILES string of the molecule is CC(C)Cn1c(=O)c2ccc(C(=O)NC(C)C)cc2n2c(=O)n(Cc3ccc(F)cc3Cl)nc12. The Morgan fingerprint density at radius 3 is 2.50 bits per heavy atom. The quantitative estimate of drug-likeness (QED) is 0.453. The molecule has 4 aromatic rings. The number of nitrogens with one attached hydrogen (secondary N) is 1. The Bertz CT molecular complexity index is 1530. The third-order valence-electron chi connectivity index (χ3n) is 5.34. The number of carbonyl (C=O) groups excluding carboxylic acids is 1. The Labute approximate surface area is 199 Å². The van der Waals surface area contributed by atoms with E-state index in [0.717, 1.165) is 0 Å². The van der Waals surface area contributed by atoms with Crippen molar-refractivity contribution in [3.63, 3.8) is 0 Å². The fraction of sp³-hybridized carbons (Fsp3) is 0.333. The fourth-order valence-electron chi connectivity index (χ4n) is 3.85. The lowest BCUT2D eigenvalue weighted by Crippen LogP contribution is -2.31. The Balaban J connectivity index is 1.99. The summed E-state index contributed by atoms with van der Waals surface area (Å²) in [7, 11) is 0. The van der Waals surface area contributed by atoms with Crippen molar-refractivity contribution in [1.82, 2.24) is 24.1 Å². The first-order valence-electron chi connectivity index (χ1n) is 11.0. The van der Waals surface area contributed by atoms with Crippen molar-refractivity contribution in [3.8, 4) is 0 Å². The minimum atomic E-state index is -0.501. The number of hydrogen-bond donors (Lipinski definition) is 1. The molecule has 0 aliphatic heterocycles. The van der Waals surface area contributed by atoms with Crippen LogP contribution in [0, 0.1) is 11.7 Å². The first-order chi connectivity index (χ1) is 16.1. The minimum Gasteiger partial charge on any atom is -0.350 e. The van der Waals surface area contributed by atoms with Gasteiger partial charge in [-0.3, -0.25) is 14.2 Å². The molecule has 0 saturated heterocycles. The van der Waals surface area contributed by atoms with Gasteiger partial charge < -0.3 is 5.32 Å². The highest BCUT2D eigenvalue weighted by Crippen LogP contribution is 2.19. The molecule has 0 bridgehead atoms. The summed E-state index contributed by atoms with van der Waals surface area (Å²) in [5.41, 5.74) is 0.318. The monoisotopic (exact) mass is 485 g/mol. The van der Waals surface area contributed by atoms with Crippen LogP contribution in [0.25, 0.3) is 16.7 Å². The van der Waals surface area contributed by atoms with Crippen LogP contribution >= 0.6 is 11.6 Å². The van der Waals surface area contributed by atoms with Crippen LogP contribution in [0.15, 0.2) is 46.0 Å². The average molecular weight is 486 g/mol. The van der Waals surface area contributed by atoms with Crippen molar-refractivity contribution in [2.75, 3.05) is 0 Å². The first-order valence-corrected chi connectivity index (χ1v) is 11.4. The van der Waals surface area contributed by atoms with E-state index >= 15 is 0 Å². The molecule has 10 heteroatoms. The zero-order chi connectivity index (χ0) is 24.7. The van der Waals surface area contributed by atoms with E-state index in [1.54, 1.807) is 12.1 Å². The number of fused-ring (bicyclic) bond motifs is 3. The van der Waals surface area contributed by atoms with Crippen LogP contribution in [-0.4, -0.2) is 30.7 Å². The zero-order valence-electron chi connectivity index (χ0n) is 19.3. The maximum absolute atomic E-state index is 13.5. The predicted molar refractivity (Wildman–Crippen MR) is 129 cm³/mol. The zero-order valence-corrected chi connectivity index (χ0v) is 20.1. The molecule has 0 atom stereocenters. The molecular weight excluding hydrogens is 461 g/mol. The van der Waals surface area contributed by atoms with Crippen molar-refractivity contribution in [2.24, 2.45) is 5.92 Å². The summed E-state index contributed by atoms with van der Waals surface area (Å²) >= 11 is 6.16. The van der Waals surface area contributed by atoms with Crippen LogP contribution in [-0.2, 0) is 13.1 Å². The second kappa shape index (κ2) is 9.06. The van der Waals surface area contributed by atoms with Crippen LogP contribution < -0.4 is 16.6 Å². The maximum atomic E-state index is 13.5. The van der Waals surface area contributed by atoms with Gasteiger partial charge in [-0.05, 0) is 55.7 Å². The maximum Gasteiger partial charge on any atom is 0.352 e. The first kappa shape index (κ1) is 23.7. The Hall–Kier alpha value is -3.46. The number of nitrogens with zero attached hydrogens (tertiary/aromatic N) is 4. The van der Waals surface area contributed by atoms with E-state index in [1.165, 1.54) is 37.9 Å². The summed E-state index contributed by atoms with van der Waals surface area (Å²) in [4.78, 5) is 39.4.